The van der Waals surface area contributed by atoms with Gasteiger partial charge < -0.3 is 0 Å². The summed E-state index contributed by atoms with van der Waals surface area (Å²) >= 11 is 3.34. The molecule has 0 N–H and O–H groups in total. The quantitative estimate of drug-likeness (QED) is 0.739. The highest BCUT2D eigenvalue weighted by atomic mass is 79.9. The van der Waals surface area contributed by atoms with E-state index in [2.05, 4.69) is 20.9 Å². The van der Waals surface area contributed by atoms with Crippen LogP contribution in [0.5, 0.6) is 0 Å². The first-order chi connectivity index (χ1) is 7.26. The van der Waals surface area contributed by atoms with Gasteiger partial charge in [0.15, 0.2) is 9.84 Å². The molecule has 1 aliphatic rings. The standard InChI is InChI=1S/C11H14BrNO2S/c1-7-4-10-9(5-8(12)6-13-10)11(2,3)16(7,14)15/h5-7H,4H2,1-3H3. The van der Waals surface area contributed by atoms with E-state index in [0.29, 0.717) is 6.42 Å². The summed E-state index contributed by atoms with van der Waals surface area (Å²) in [5.41, 5.74) is 1.72. The summed E-state index contributed by atoms with van der Waals surface area (Å²) in [4.78, 5) is 4.32. The van der Waals surface area contributed by atoms with Gasteiger partial charge in [-0.05, 0) is 48.3 Å². The number of hydrogen-bond acceptors (Lipinski definition) is 3. The Kier molecular flexibility index (Phi) is 2.66. The molecule has 0 bridgehead atoms. The summed E-state index contributed by atoms with van der Waals surface area (Å²) in [7, 11) is -3.13. The molecule has 0 amide bonds. The Hall–Kier alpha value is -0.420. The van der Waals surface area contributed by atoms with Crippen LogP contribution < -0.4 is 0 Å². The predicted molar refractivity (Wildman–Crippen MR) is 67.0 cm³/mol. The summed E-state index contributed by atoms with van der Waals surface area (Å²) in [6, 6.07) is 1.87. The summed E-state index contributed by atoms with van der Waals surface area (Å²) in [6.07, 6.45) is 2.23. The van der Waals surface area contributed by atoms with Crippen LogP contribution in [-0.2, 0) is 21.0 Å². The van der Waals surface area contributed by atoms with Crippen LogP contribution >= 0.6 is 15.9 Å². The van der Waals surface area contributed by atoms with Crippen LogP contribution in [0.4, 0.5) is 0 Å². The third kappa shape index (κ3) is 1.52. The third-order valence-corrected chi connectivity index (χ3v) is 6.61. The van der Waals surface area contributed by atoms with Crippen LogP contribution in [0.15, 0.2) is 16.7 Å². The van der Waals surface area contributed by atoms with Crippen molar-refractivity contribution in [3.05, 3.63) is 28.0 Å². The number of hydrogen-bond donors (Lipinski definition) is 0. The second-order valence-electron chi connectivity index (χ2n) is 4.72. The molecule has 0 aliphatic carbocycles. The largest absolute Gasteiger partial charge is 0.260 e. The van der Waals surface area contributed by atoms with Gasteiger partial charge in [0.25, 0.3) is 0 Å². The van der Waals surface area contributed by atoms with Crippen molar-refractivity contribution in [2.45, 2.75) is 37.2 Å². The minimum Gasteiger partial charge on any atom is -0.260 e. The molecule has 1 unspecified atom stereocenters. The fourth-order valence-corrected chi connectivity index (χ4v) is 4.39. The van der Waals surface area contributed by atoms with Crippen LogP contribution in [0.25, 0.3) is 0 Å². The topological polar surface area (TPSA) is 47.0 Å². The molecule has 0 saturated carbocycles. The minimum atomic E-state index is -3.13. The normalized spacial score (nSPS) is 26.1. The van der Waals surface area contributed by atoms with Crippen molar-refractivity contribution in [2.75, 3.05) is 0 Å². The molecular weight excluding hydrogens is 290 g/mol. The number of halogens is 1. The molecule has 5 heteroatoms. The molecule has 0 radical (unpaired) electrons. The zero-order valence-electron chi connectivity index (χ0n) is 9.49. The fraction of sp³-hybridized carbons (Fsp3) is 0.545. The van der Waals surface area contributed by atoms with Crippen molar-refractivity contribution in [2.24, 2.45) is 0 Å². The monoisotopic (exact) mass is 303 g/mol. The molecule has 3 nitrogen and oxygen atoms in total. The Bertz CT molecular complexity index is 537. The van der Waals surface area contributed by atoms with Gasteiger partial charge in [-0.2, -0.15) is 0 Å². The predicted octanol–water partition coefficient (Wildman–Crippen LogP) is 2.44. The molecule has 16 heavy (non-hydrogen) atoms. The van der Waals surface area contributed by atoms with Gasteiger partial charge in [0.1, 0.15) is 0 Å². The van der Waals surface area contributed by atoms with Crippen LogP contribution in [0, 0.1) is 0 Å². The number of fused-ring (bicyclic) bond motifs is 1. The highest BCUT2D eigenvalue weighted by molar-refractivity contribution is 9.10. The highest BCUT2D eigenvalue weighted by Gasteiger charge is 2.45. The SMILES string of the molecule is CC1Cc2ncc(Br)cc2C(C)(C)S1(=O)=O. The third-order valence-electron chi connectivity index (χ3n) is 3.31. The number of rotatable bonds is 0. The second-order valence-corrected chi connectivity index (χ2v) is 8.55. The van der Waals surface area contributed by atoms with E-state index >= 15 is 0 Å². The van der Waals surface area contributed by atoms with Gasteiger partial charge in [0.05, 0.1) is 10.00 Å². The van der Waals surface area contributed by atoms with Crippen LogP contribution in [0.1, 0.15) is 32.0 Å². The van der Waals surface area contributed by atoms with E-state index in [0.717, 1.165) is 15.7 Å². The number of nitrogens with zero attached hydrogens (tertiary/aromatic N) is 1. The zero-order valence-corrected chi connectivity index (χ0v) is 11.9. The minimum absolute atomic E-state index is 0.358. The molecule has 0 spiro atoms. The molecule has 0 fully saturated rings. The van der Waals surface area contributed by atoms with Crippen molar-refractivity contribution in [3.63, 3.8) is 0 Å². The molecule has 1 aliphatic heterocycles. The van der Waals surface area contributed by atoms with E-state index in [1.165, 1.54) is 0 Å². The molecular formula is C11H14BrNO2S. The van der Waals surface area contributed by atoms with E-state index in [9.17, 15) is 8.42 Å². The van der Waals surface area contributed by atoms with Gasteiger partial charge in [0.2, 0.25) is 0 Å². The lowest BCUT2D eigenvalue weighted by Gasteiger charge is -2.35. The lowest BCUT2D eigenvalue weighted by molar-refractivity contribution is 0.526. The molecule has 0 saturated heterocycles. The first-order valence-electron chi connectivity index (χ1n) is 5.15. The van der Waals surface area contributed by atoms with Crippen LogP contribution in [0.3, 0.4) is 0 Å². The van der Waals surface area contributed by atoms with E-state index < -0.39 is 14.6 Å². The summed E-state index contributed by atoms with van der Waals surface area (Å²) < 4.78 is 24.5. The number of aromatic nitrogens is 1. The molecule has 88 valence electrons. The molecule has 2 rings (SSSR count). The Morgan fingerprint density at radius 1 is 1.50 bits per heavy atom. The average molecular weight is 304 g/mol. The van der Waals surface area contributed by atoms with Crippen molar-refractivity contribution >= 4 is 25.8 Å². The van der Waals surface area contributed by atoms with Gasteiger partial charge in [-0.1, -0.05) is 0 Å². The van der Waals surface area contributed by atoms with E-state index in [4.69, 9.17) is 0 Å². The van der Waals surface area contributed by atoms with Crippen molar-refractivity contribution in [3.8, 4) is 0 Å². The summed E-state index contributed by atoms with van der Waals surface area (Å²) in [5.74, 6) is 0. The second kappa shape index (κ2) is 3.53. The molecule has 0 aromatic carbocycles. The lowest BCUT2D eigenvalue weighted by Crippen LogP contribution is -2.42. The van der Waals surface area contributed by atoms with E-state index in [1.807, 2.05) is 6.07 Å². The molecule has 2 heterocycles. The summed E-state index contributed by atoms with van der Waals surface area (Å²) in [6.45, 7) is 5.26. The van der Waals surface area contributed by atoms with Gasteiger partial charge >= 0.3 is 0 Å². The Morgan fingerprint density at radius 3 is 2.75 bits per heavy atom. The Labute approximate surface area is 104 Å². The average Bonchev–Trinajstić information content (AvgIpc) is 2.18. The first-order valence-corrected chi connectivity index (χ1v) is 7.49. The Balaban J connectivity index is 2.74. The molecule has 1 aromatic heterocycles. The van der Waals surface area contributed by atoms with Gasteiger partial charge in [-0.3, -0.25) is 4.98 Å². The lowest BCUT2D eigenvalue weighted by atomic mass is 9.97. The summed E-state index contributed by atoms with van der Waals surface area (Å²) in [5, 5.41) is -0.358. The zero-order chi connectivity index (χ0) is 12.1. The number of sulfone groups is 1. The smallest absolute Gasteiger partial charge is 0.162 e. The van der Waals surface area contributed by atoms with Crippen molar-refractivity contribution in [1.82, 2.24) is 4.98 Å². The van der Waals surface area contributed by atoms with E-state index in [1.54, 1.807) is 27.0 Å². The molecule has 1 atom stereocenters. The number of pyridine rings is 1. The van der Waals surface area contributed by atoms with Gasteiger partial charge in [-0.15, -0.1) is 0 Å². The van der Waals surface area contributed by atoms with Crippen molar-refractivity contribution < 1.29 is 8.42 Å². The van der Waals surface area contributed by atoms with Gasteiger partial charge in [0, 0.05) is 22.8 Å². The maximum atomic E-state index is 12.3. The maximum Gasteiger partial charge on any atom is 0.162 e. The maximum absolute atomic E-state index is 12.3. The Morgan fingerprint density at radius 2 is 2.12 bits per heavy atom. The van der Waals surface area contributed by atoms with E-state index in [-0.39, 0.29) is 5.25 Å². The molecule has 1 aromatic rings. The first kappa shape index (κ1) is 12.0. The van der Waals surface area contributed by atoms with Crippen LogP contribution in [0.2, 0.25) is 0 Å². The highest BCUT2D eigenvalue weighted by Crippen LogP contribution is 2.40. The van der Waals surface area contributed by atoms with Gasteiger partial charge in [-0.25, -0.2) is 8.42 Å². The van der Waals surface area contributed by atoms with Crippen molar-refractivity contribution in [1.29, 1.82) is 0 Å². The van der Waals surface area contributed by atoms with Crippen LogP contribution in [-0.4, -0.2) is 18.7 Å². The fourth-order valence-electron chi connectivity index (χ4n) is 2.19.